The van der Waals surface area contributed by atoms with Crippen LogP contribution in [-0.4, -0.2) is 36.2 Å². The minimum absolute atomic E-state index is 0.0510. The van der Waals surface area contributed by atoms with Gasteiger partial charge in [-0.25, -0.2) is 0 Å². The van der Waals surface area contributed by atoms with Gasteiger partial charge in [-0.05, 0) is 33.4 Å². The Bertz CT molecular complexity index is 114. The maximum Gasteiger partial charge on any atom is 0.0555 e. The second-order valence-corrected chi connectivity index (χ2v) is 3.79. The lowest BCUT2D eigenvalue weighted by Crippen LogP contribution is -2.30. The second-order valence-electron chi connectivity index (χ2n) is 3.79. The first kappa shape index (κ1) is 9.01. The third-order valence-electron chi connectivity index (χ3n) is 2.60. The molecule has 0 amide bonds. The van der Waals surface area contributed by atoms with E-state index in [1.165, 1.54) is 19.3 Å². The lowest BCUT2D eigenvalue weighted by Gasteiger charge is -2.23. The zero-order valence-electron chi connectivity index (χ0n) is 7.58. The fraction of sp³-hybridized carbons (Fsp3) is 1.00. The highest BCUT2D eigenvalue weighted by atomic mass is 16.3. The quantitative estimate of drug-likeness (QED) is 0.579. The van der Waals surface area contributed by atoms with Crippen LogP contribution in [0, 0.1) is 0 Å². The van der Waals surface area contributed by atoms with Crippen LogP contribution in [-0.2, 0) is 0 Å². The Labute approximate surface area is 69.2 Å². The lowest BCUT2D eigenvalue weighted by molar-refractivity contribution is 0.125. The average molecular weight is 157 g/mol. The number of nitrogens with zero attached hydrogens (tertiary/aromatic N) is 1. The van der Waals surface area contributed by atoms with Crippen LogP contribution in [0.5, 0.6) is 0 Å². The Hall–Kier alpha value is -0.0800. The Kier molecular flexibility index (Phi) is 3.34. The van der Waals surface area contributed by atoms with Gasteiger partial charge in [0.2, 0.25) is 0 Å². The summed E-state index contributed by atoms with van der Waals surface area (Å²) in [5.74, 6) is 0. The highest BCUT2D eigenvalue weighted by molar-refractivity contribution is 4.74. The molecule has 0 radical (unpaired) electrons. The molecule has 2 nitrogen and oxygen atoms in total. The lowest BCUT2D eigenvalue weighted by atomic mass is 10.1. The van der Waals surface area contributed by atoms with Crippen LogP contribution in [0.3, 0.4) is 0 Å². The fourth-order valence-electron chi connectivity index (χ4n) is 1.78. The van der Waals surface area contributed by atoms with Crippen LogP contribution in [0.2, 0.25) is 0 Å². The third kappa shape index (κ3) is 2.80. The topological polar surface area (TPSA) is 23.5 Å². The maximum absolute atomic E-state index is 9.48. The van der Waals surface area contributed by atoms with Gasteiger partial charge in [0.1, 0.15) is 0 Å². The minimum atomic E-state index is -0.0510. The summed E-state index contributed by atoms with van der Waals surface area (Å²) >= 11 is 0. The standard InChI is InChI=1S/C9H19NO/c1-10(2)8-5-3-4-6-9(11)7-8/h8-9,11H,3-7H2,1-2H3/t8-,9-/m1/s1. The zero-order chi connectivity index (χ0) is 8.27. The molecular weight excluding hydrogens is 138 g/mol. The molecule has 1 fully saturated rings. The molecule has 0 aromatic rings. The Balaban J connectivity index is 2.39. The van der Waals surface area contributed by atoms with Crippen molar-refractivity contribution in [1.82, 2.24) is 4.90 Å². The van der Waals surface area contributed by atoms with Crippen molar-refractivity contribution in [2.45, 2.75) is 44.2 Å². The van der Waals surface area contributed by atoms with Gasteiger partial charge in [-0.15, -0.1) is 0 Å². The fourth-order valence-corrected chi connectivity index (χ4v) is 1.78. The summed E-state index contributed by atoms with van der Waals surface area (Å²) in [6.45, 7) is 0. The first-order valence-electron chi connectivity index (χ1n) is 4.54. The van der Waals surface area contributed by atoms with E-state index in [1.54, 1.807) is 0 Å². The van der Waals surface area contributed by atoms with Gasteiger partial charge < -0.3 is 10.0 Å². The molecule has 66 valence electrons. The van der Waals surface area contributed by atoms with Gasteiger partial charge in [0, 0.05) is 6.04 Å². The van der Waals surface area contributed by atoms with E-state index in [0.29, 0.717) is 6.04 Å². The summed E-state index contributed by atoms with van der Waals surface area (Å²) in [7, 11) is 4.20. The molecule has 0 bridgehead atoms. The molecule has 0 spiro atoms. The van der Waals surface area contributed by atoms with Crippen molar-refractivity contribution < 1.29 is 5.11 Å². The van der Waals surface area contributed by atoms with Gasteiger partial charge >= 0.3 is 0 Å². The van der Waals surface area contributed by atoms with E-state index in [9.17, 15) is 5.11 Å². The van der Waals surface area contributed by atoms with E-state index in [-0.39, 0.29) is 6.10 Å². The van der Waals surface area contributed by atoms with Crippen molar-refractivity contribution in [2.75, 3.05) is 14.1 Å². The van der Waals surface area contributed by atoms with Gasteiger partial charge in [-0.3, -0.25) is 0 Å². The van der Waals surface area contributed by atoms with Crippen molar-refractivity contribution in [2.24, 2.45) is 0 Å². The molecular formula is C9H19NO. The summed E-state index contributed by atoms with van der Waals surface area (Å²) < 4.78 is 0. The monoisotopic (exact) mass is 157 g/mol. The van der Waals surface area contributed by atoms with Crippen molar-refractivity contribution in [3.8, 4) is 0 Å². The Morgan fingerprint density at radius 3 is 2.45 bits per heavy atom. The van der Waals surface area contributed by atoms with Crippen molar-refractivity contribution in [1.29, 1.82) is 0 Å². The van der Waals surface area contributed by atoms with E-state index in [1.807, 2.05) is 0 Å². The summed E-state index contributed by atoms with van der Waals surface area (Å²) in [6, 6.07) is 0.604. The second kappa shape index (κ2) is 4.07. The maximum atomic E-state index is 9.48. The minimum Gasteiger partial charge on any atom is -0.393 e. The molecule has 2 heteroatoms. The van der Waals surface area contributed by atoms with Crippen molar-refractivity contribution in [3.05, 3.63) is 0 Å². The Morgan fingerprint density at radius 2 is 1.82 bits per heavy atom. The van der Waals surface area contributed by atoms with E-state index >= 15 is 0 Å². The number of aliphatic hydroxyl groups is 1. The van der Waals surface area contributed by atoms with Crippen molar-refractivity contribution >= 4 is 0 Å². The van der Waals surface area contributed by atoms with Crippen LogP contribution >= 0.6 is 0 Å². The first-order valence-corrected chi connectivity index (χ1v) is 4.54. The summed E-state index contributed by atoms with van der Waals surface area (Å²) in [5.41, 5.74) is 0. The zero-order valence-corrected chi connectivity index (χ0v) is 7.58. The van der Waals surface area contributed by atoms with E-state index in [4.69, 9.17) is 0 Å². The number of rotatable bonds is 1. The number of aliphatic hydroxyl groups excluding tert-OH is 1. The molecule has 1 aliphatic carbocycles. The molecule has 1 N–H and O–H groups in total. The molecule has 0 aromatic heterocycles. The van der Waals surface area contributed by atoms with Crippen LogP contribution in [0.4, 0.5) is 0 Å². The van der Waals surface area contributed by atoms with Gasteiger partial charge in [-0.2, -0.15) is 0 Å². The largest absolute Gasteiger partial charge is 0.393 e. The van der Waals surface area contributed by atoms with E-state index in [0.717, 1.165) is 12.8 Å². The normalized spacial score (nSPS) is 33.8. The van der Waals surface area contributed by atoms with Crippen molar-refractivity contribution in [3.63, 3.8) is 0 Å². The molecule has 1 aliphatic rings. The smallest absolute Gasteiger partial charge is 0.0555 e. The van der Waals surface area contributed by atoms with Crippen LogP contribution < -0.4 is 0 Å². The molecule has 0 heterocycles. The third-order valence-corrected chi connectivity index (χ3v) is 2.60. The molecule has 0 saturated heterocycles. The molecule has 1 saturated carbocycles. The highest BCUT2D eigenvalue weighted by Crippen LogP contribution is 2.20. The predicted molar refractivity (Wildman–Crippen MR) is 46.6 cm³/mol. The van der Waals surface area contributed by atoms with Gasteiger partial charge in [0.15, 0.2) is 0 Å². The summed E-state index contributed by atoms with van der Waals surface area (Å²) in [5, 5.41) is 9.48. The highest BCUT2D eigenvalue weighted by Gasteiger charge is 2.19. The molecule has 2 atom stereocenters. The number of hydrogen-bond donors (Lipinski definition) is 1. The van der Waals surface area contributed by atoms with Crippen LogP contribution in [0.25, 0.3) is 0 Å². The SMILES string of the molecule is CN(C)[C@@H]1CCCC[C@@H](O)C1. The van der Waals surface area contributed by atoms with Crippen LogP contribution in [0.15, 0.2) is 0 Å². The number of hydrogen-bond acceptors (Lipinski definition) is 2. The molecule has 1 rings (SSSR count). The average Bonchev–Trinajstić information content (AvgIpc) is 2.13. The molecule has 0 aromatic carbocycles. The molecule has 0 aliphatic heterocycles. The molecule has 11 heavy (non-hydrogen) atoms. The van der Waals surface area contributed by atoms with Gasteiger partial charge in [-0.1, -0.05) is 12.8 Å². The summed E-state index contributed by atoms with van der Waals surface area (Å²) in [4.78, 5) is 2.23. The predicted octanol–water partition coefficient (Wildman–Crippen LogP) is 1.24. The van der Waals surface area contributed by atoms with E-state index < -0.39 is 0 Å². The van der Waals surface area contributed by atoms with E-state index in [2.05, 4.69) is 19.0 Å². The summed E-state index contributed by atoms with van der Waals surface area (Å²) in [6.07, 6.45) is 5.65. The molecule has 0 unspecified atom stereocenters. The van der Waals surface area contributed by atoms with Crippen LogP contribution in [0.1, 0.15) is 32.1 Å². The Morgan fingerprint density at radius 1 is 1.18 bits per heavy atom. The van der Waals surface area contributed by atoms with Gasteiger partial charge in [0.05, 0.1) is 6.10 Å². The van der Waals surface area contributed by atoms with Gasteiger partial charge in [0.25, 0.3) is 0 Å². The first-order chi connectivity index (χ1) is 5.20.